The smallest absolute Gasteiger partial charge is 0.176 e. The predicted molar refractivity (Wildman–Crippen MR) is 87.5 cm³/mol. The second kappa shape index (κ2) is 5.21. The first-order chi connectivity index (χ1) is 10.3. The van der Waals surface area contributed by atoms with E-state index in [1.807, 2.05) is 22.8 Å². The Morgan fingerprint density at radius 2 is 1.82 bits per heavy atom. The number of rotatable bonds is 2. The van der Waals surface area contributed by atoms with Gasteiger partial charge in [-0.2, -0.15) is 0 Å². The molecule has 3 rings (SSSR count). The molecule has 22 heavy (non-hydrogen) atoms. The number of hydrogen-bond acceptors (Lipinski definition) is 5. The molecule has 0 bridgehead atoms. The van der Waals surface area contributed by atoms with Crippen molar-refractivity contribution in [1.29, 1.82) is 0 Å². The van der Waals surface area contributed by atoms with Crippen LogP contribution in [0.2, 0.25) is 0 Å². The van der Waals surface area contributed by atoms with Gasteiger partial charge in [-0.05, 0) is 16.4 Å². The molecule has 2 heterocycles. The number of imidazole rings is 1. The number of fused-ring (bicyclic) bond motifs is 3. The third kappa shape index (κ3) is 2.36. The lowest BCUT2D eigenvalue weighted by molar-refractivity contribution is 0.146. The average molecular weight is 320 g/mol. The van der Waals surface area contributed by atoms with E-state index in [4.69, 9.17) is 9.47 Å². The quantitative estimate of drug-likeness (QED) is 0.916. The lowest BCUT2D eigenvalue weighted by atomic mass is 9.95. The van der Waals surface area contributed by atoms with Crippen molar-refractivity contribution in [3.05, 3.63) is 23.1 Å². The van der Waals surface area contributed by atoms with E-state index in [1.54, 1.807) is 26.0 Å². The minimum atomic E-state index is -0.728. The third-order valence-corrected chi connectivity index (χ3v) is 5.11. The van der Waals surface area contributed by atoms with Crippen molar-refractivity contribution in [1.82, 2.24) is 9.55 Å². The van der Waals surface area contributed by atoms with Crippen LogP contribution in [0.15, 0.2) is 28.3 Å². The van der Waals surface area contributed by atoms with Crippen molar-refractivity contribution in [2.45, 2.75) is 32.2 Å². The zero-order valence-corrected chi connectivity index (χ0v) is 14.2. The summed E-state index contributed by atoms with van der Waals surface area (Å²) in [5, 5.41) is 11.3. The second-order valence-electron chi connectivity index (χ2n) is 6.26. The van der Waals surface area contributed by atoms with Crippen LogP contribution in [0, 0.1) is 5.41 Å². The summed E-state index contributed by atoms with van der Waals surface area (Å²) >= 11 is 1.59. The highest BCUT2D eigenvalue weighted by atomic mass is 32.2. The number of methoxy groups -OCH3 is 2. The van der Waals surface area contributed by atoms with Crippen LogP contribution in [-0.2, 0) is 0 Å². The predicted octanol–water partition coefficient (Wildman–Crippen LogP) is 3.58. The summed E-state index contributed by atoms with van der Waals surface area (Å²) < 4.78 is 12.5. The minimum Gasteiger partial charge on any atom is -0.493 e. The topological polar surface area (TPSA) is 56.5 Å². The maximum atomic E-state index is 10.5. The largest absolute Gasteiger partial charge is 0.493 e. The first-order valence-corrected chi connectivity index (χ1v) is 7.89. The van der Waals surface area contributed by atoms with E-state index in [-0.39, 0.29) is 5.41 Å². The Hall–Kier alpha value is -1.66. The van der Waals surface area contributed by atoms with Crippen LogP contribution < -0.4 is 9.47 Å². The van der Waals surface area contributed by atoms with Gasteiger partial charge in [-0.25, -0.2) is 4.98 Å². The van der Waals surface area contributed by atoms with Crippen molar-refractivity contribution in [3.63, 3.8) is 0 Å². The molecule has 1 atom stereocenters. The maximum Gasteiger partial charge on any atom is 0.176 e. The summed E-state index contributed by atoms with van der Waals surface area (Å²) in [5.74, 6) is 1.26. The molecule has 0 radical (unpaired) electrons. The number of aliphatic hydroxyl groups excluding tert-OH is 1. The van der Waals surface area contributed by atoms with E-state index in [9.17, 15) is 5.11 Å². The van der Waals surface area contributed by atoms with E-state index in [1.165, 1.54) is 0 Å². The molecule has 1 aromatic carbocycles. The normalized spacial score (nSPS) is 18.1. The minimum absolute atomic E-state index is 0.0234. The number of hydrogen-bond donors (Lipinski definition) is 1. The molecule has 1 aliphatic heterocycles. The third-order valence-electron chi connectivity index (χ3n) is 3.67. The Kier molecular flexibility index (Phi) is 3.61. The van der Waals surface area contributed by atoms with Gasteiger partial charge >= 0.3 is 0 Å². The van der Waals surface area contributed by atoms with E-state index in [0.717, 1.165) is 21.1 Å². The molecule has 0 saturated heterocycles. The van der Waals surface area contributed by atoms with Gasteiger partial charge in [-0.1, -0.05) is 32.5 Å². The van der Waals surface area contributed by atoms with Crippen LogP contribution in [0.25, 0.3) is 11.0 Å². The second-order valence-corrected chi connectivity index (χ2v) is 7.27. The van der Waals surface area contributed by atoms with Gasteiger partial charge in [0.05, 0.1) is 25.3 Å². The Morgan fingerprint density at radius 3 is 2.41 bits per heavy atom. The number of thioether (sulfide) groups is 1. The van der Waals surface area contributed by atoms with Gasteiger partial charge in [-0.3, -0.25) is 4.57 Å². The molecule has 5 nitrogen and oxygen atoms in total. The maximum absolute atomic E-state index is 10.5. The van der Waals surface area contributed by atoms with Crippen molar-refractivity contribution in [2.75, 3.05) is 14.2 Å². The summed E-state index contributed by atoms with van der Waals surface area (Å²) in [5.41, 5.74) is 1.59. The molecule has 2 aromatic rings. The molecule has 0 aliphatic carbocycles. The highest BCUT2D eigenvalue weighted by Gasteiger charge is 2.29. The fraction of sp³-hybridized carbons (Fsp3) is 0.438. The number of allylic oxidation sites excluding steroid dienone is 1. The van der Waals surface area contributed by atoms with E-state index < -0.39 is 6.23 Å². The van der Waals surface area contributed by atoms with Crippen LogP contribution in [0.1, 0.15) is 27.0 Å². The highest BCUT2D eigenvalue weighted by molar-refractivity contribution is 8.03. The van der Waals surface area contributed by atoms with E-state index in [2.05, 4.69) is 25.8 Å². The zero-order valence-electron chi connectivity index (χ0n) is 13.4. The van der Waals surface area contributed by atoms with Crippen LogP contribution in [0.4, 0.5) is 0 Å². The molecule has 0 amide bonds. The summed E-state index contributed by atoms with van der Waals surface area (Å²) in [6, 6.07) is 3.69. The fourth-order valence-electron chi connectivity index (χ4n) is 2.47. The standard InChI is InChI=1S/C16H20N2O3S/c1-16(2,3)13-8-14(19)18-10-7-12(21-5)11(20-4)6-9(10)17-15(18)22-13/h6-8,14,19H,1-5H3/t14-/m1/s1. The van der Waals surface area contributed by atoms with Crippen molar-refractivity contribution in [3.8, 4) is 11.5 Å². The highest BCUT2D eigenvalue weighted by Crippen LogP contribution is 2.46. The summed E-state index contributed by atoms with van der Waals surface area (Å²) in [6.07, 6.45) is 1.16. The Bertz CT molecular complexity index is 759. The van der Waals surface area contributed by atoms with Gasteiger partial charge in [0.25, 0.3) is 0 Å². The summed E-state index contributed by atoms with van der Waals surface area (Å²) in [7, 11) is 3.20. The Morgan fingerprint density at radius 1 is 1.18 bits per heavy atom. The number of nitrogens with zero attached hydrogens (tertiary/aromatic N) is 2. The van der Waals surface area contributed by atoms with Gasteiger partial charge in [0.15, 0.2) is 22.9 Å². The molecular formula is C16H20N2O3S. The van der Waals surface area contributed by atoms with E-state index >= 15 is 0 Å². The van der Waals surface area contributed by atoms with Gasteiger partial charge in [-0.15, -0.1) is 0 Å². The summed E-state index contributed by atoms with van der Waals surface area (Å²) in [6.45, 7) is 6.38. The Balaban J connectivity index is 2.17. The van der Waals surface area contributed by atoms with Crippen molar-refractivity contribution in [2.24, 2.45) is 5.41 Å². The van der Waals surface area contributed by atoms with Crippen LogP contribution in [0.3, 0.4) is 0 Å². The fourth-order valence-corrected chi connectivity index (χ4v) is 3.61. The molecule has 0 unspecified atom stereocenters. The molecular weight excluding hydrogens is 300 g/mol. The average Bonchev–Trinajstić information content (AvgIpc) is 2.82. The lowest BCUT2D eigenvalue weighted by Gasteiger charge is -2.28. The van der Waals surface area contributed by atoms with Crippen LogP contribution in [0.5, 0.6) is 11.5 Å². The molecule has 1 N–H and O–H groups in total. The molecule has 118 valence electrons. The molecule has 1 aliphatic rings. The lowest BCUT2D eigenvalue weighted by Crippen LogP contribution is -2.17. The number of aromatic nitrogens is 2. The SMILES string of the molecule is COc1cc2nc3n(c2cc1OC)[C@H](O)C=C(C(C)(C)C)S3. The van der Waals surface area contributed by atoms with Gasteiger partial charge in [0, 0.05) is 12.1 Å². The van der Waals surface area contributed by atoms with E-state index in [0.29, 0.717) is 11.5 Å². The number of benzene rings is 1. The molecule has 0 saturated carbocycles. The monoisotopic (exact) mass is 320 g/mol. The van der Waals surface area contributed by atoms with Crippen molar-refractivity contribution < 1.29 is 14.6 Å². The first kappa shape index (κ1) is 15.2. The number of ether oxygens (including phenoxy) is 2. The molecule has 0 fully saturated rings. The van der Waals surface area contributed by atoms with Gasteiger partial charge in [0.1, 0.15) is 0 Å². The van der Waals surface area contributed by atoms with Gasteiger partial charge < -0.3 is 14.6 Å². The number of aliphatic hydroxyl groups is 1. The van der Waals surface area contributed by atoms with Crippen LogP contribution >= 0.6 is 11.8 Å². The van der Waals surface area contributed by atoms with Crippen LogP contribution in [-0.4, -0.2) is 28.9 Å². The molecule has 1 aromatic heterocycles. The summed E-state index contributed by atoms with van der Waals surface area (Å²) in [4.78, 5) is 5.75. The Labute approximate surface area is 133 Å². The zero-order chi connectivity index (χ0) is 16.1. The molecule has 0 spiro atoms. The molecule has 6 heteroatoms. The van der Waals surface area contributed by atoms with Gasteiger partial charge in [0.2, 0.25) is 0 Å². The van der Waals surface area contributed by atoms with Crippen molar-refractivity contribution >= 4 is 22.8 Å². The first-order valence-electron chi connectivity index (χ1n) is 7.07.